The Hall–Kier alpha value is -2.72. The van der Waals surface area contributed by atoms with Crippen molar-refractivity contribution in [2.45, 2.75) is 25.0 Å². The predicted octanol–water partition coefficient (Wildman–Crippen LogP) is 2.62. The summed E-state index contributed by atoms with van der Waals surface area (Å²) < 4.78 is 11.4. The minimum Gasteiger partial charge on any atom is -0.486 e. The van der Waals surface area contributed by atoms with Crippen molar-refractivity contribution in [2.24, 2.45) is 0 Å². The maximum absolute atomic E-state index is 12.1. The number of aromatic nitrogens is 1. The molecule has 1 aromatic heterocycles. The average molecular weight is 369 g/mol. The molecule has 0 fully saturated rings. The number of pyridine rings is 1. The number of hydrogen-bond donors (Lipinski definition) is 1. The lowest BCUT2D eigenvalue weighted by atomic mass is 10.1. The molecule has 0 spiro atoms. The lowest BCUT2D eigenvalue weighted by molar-refractivity contribution is -0.119. The summed E-state index contributed by atoms with van der Waals surface area (Å²) in [6.45, 7) is 4.49. The van der Waals surface area contributed by atoms with Crippen LogP contribution in [0.1, 0.15) is 16.8 Å². The summed E-state index contributed by atoms with van der Waals surface area (Å²) in [6.07, 6.45) is -0.229. The maximum atomic E-state index is 12.1. The van der Waals surface area contributed by atoms with Crippen molar-refractivity contribution in [2.75, 3.05) is 18.9 Å². The molecule has 0 bridgehead atoms. The Morgan fingerprint density at radius 1 is 1.38 bits per heavy atom. The number of ether oxygens (including phenoxy) is 2. The van der Waals surface area contributed by atoms with Gasteiger partial charge in [0.25, 0.3) is 0 Å². The number of nitriles is 1. The SMILES string of the molecule is Cc1cc(C)c(C#N)c(SCC(=O)NCC2COc3ccccc3O2)n1. The van der Waals surface area contributed by atoms with E-state index < -0.39 is 0 Å². The standard InChI is InChI=1S/C19H19N3O3S/c1-12-7-13(2)22-19(15(12)8-20)26-11-18(23)21-9-14-10-24-16-5-3-4-6-17(16)25-14/h3-7,14H,9-11H2,1-2H3,(H,21,23). The van der Waals surface area contributed by atoms with E-state index in [1.165, 1.54) is 11.8 Å². The van der Waals surface area contributed by atoms with Crippen LogP contribution >= 0.6 is 11.8 Å². The van der Waals surface area contributed by atoms with Crippen LogP contribution in [0.2, 0.25) is 0 Å². The number of hydrogen-bond acceptors (Lipinski definition) is 6. The van der Waals surface area contributed by atoms with Crippen LogP contribution in [0.5, 0.6) is 11.5 Å². The quantitative estimate of drug-likeness (QED) is 0.816. The summed E-state index contributed by atoms with van der Waals surface area (Å²) in [7, 11) is 0. The Bertz CT molecular complexity index is 864. The molecule has 1 N–H and O–H groups in total. The average Bonchev–Trinajstić information content (AvgIpc) is 2.64. The number of amides is 1. The third-order valence-electron chi connectivity index (χ3n) is 3.86. The van der Waals surface area contributed by atoms with Crippen molar-refractivity contribution < 1.29 is 14.3 Å². The van der Waals surface area contributed by atoms with Crippen LogP contribution in [-0.2, 0) is 4.79 Å². The zero-order chi connectivity index (χ0) is 18.5. The zero-order valence-corrected chi connectivity index (χ0v) is 15.4. The molecule has 134 valence electrons. The Balaban J connectivity index is 1.51. The number of thioether (sulfide) groups is 1. The largest absolute Gasteiger partial charge is 0.486 e. The van der Waals surface area contributed by atoms with Gasteiger partial charge in [0.15, 0.2) is 11.5 Å². The van der Waals surface area contributed by atoms with Crippen molar-refractivity contribution in [3.8, 4) is 17.6 Å². The molecule has 26 heavy (non-hydrogen) atoms. The van der Waals surface area contributed by atoms with Crippen molar-refractivity contribution in [3.05, 3.63) is 47.2 Å². The summed E-state index contributed by atoms with van der Waals surface area (Å²) in [5.41, 5.74) is 2.22. The second-order valence-electron chi connectivity index (χ2n) is 5.96. The van der Waals surface area contributed by atoms with E-state index in [0.717, 1.165) is 17.0 Å². The van der Waals surface area contributed by atoms with Gasteiger partial charge >= 0.3 is 0 Å². The highest BCUT2D eigenvalue weighted by atomic mass is 32.2. The van der Waals surface area contributed by atoms with E-state index in [9.17, 15) is 10.1 Å². The normalized spacial score (nSPS) is 15.2. The molecule has 2 heterocycles. The van der Waals surface area contributed by atoms with E-state index >= 15 is 0 Å². The van der Waals surface area contributed by atoms with Crippen molar-refractivity contribution >= 4 is 17.7 Å². The number of aryl methyl sites for hydroxylation is 2. The highest BCUT2D eigenvalue weighted by Gasteiger charge is 2.21. The summed E-state index contributed by atoms with van der Waals surface area (Å²) >= 11 is 1.27. The molecule has 0 aliphatic carbocycles. The highest BCUT2D eigenvalue weighted by molar-refractivity contribution is 8.00. The van der Waals surface area contributed by atoms with Gasteiger partial charge in [-0.05, 0) is 37.6 Å². The number of carbonyl (C=O) groups is 1. The van der Waals surface area contributed by atoms with Crippen LogP contribution in [-0.4, -0.2) is 35.9 Å². The summed E-state index contributed by atoms with van der Waals surface area (Å²) in [5.74, 6) is 1.46. The van der Waals surface area contributed by atoms with Gasteiger partial charge in [0.2, 0.25) is 5.91 Å². The van der Waals surface area contributed by atoms with Gasteiger partial charge in [0, 0.05) is 5.69 Å². The molecule has 1 atom stereocenters. The van der Waals surface area contributed by atoms with Gasteiger partial charge in [-0.15, -0.1) is 0 Å². The molecule has 1 aliphatic rings. The third kappa shape index (κ3) is 4.27. The van der Waals surface area contributed by atoms with Crippen molar-refractivity contribution in [3.63, 3.8) is 0 Å². The monoisotopic (exact) mass is 369 g/mol. The first kappa shape index (κ1) is 18.1. The van der Waals surface area contributed by atoms with Gasteiger partial charge in [0.05, 0.1) is 17.9 Å². The van der Waals surface area contributed by atoms with Gasteiger partial charge in [-0.2, -0.15) is 5.26 Å². The maximum Gasteiger partial charge on any atom is 0.230 e. The fourth-order valence-corrected chi connectivity index (χ4v) is 3.55. The van der Waals surface area contributed by atoms with E-state index in [1.54, 1.807) is 0 Å². The van der Waals surface area contributed by atoms with Crippen molar-refractivity contribution in [1.29, 1.82) is 5.26 Å². The molecule has 6 nitrogen and oxygen atoms in total. The number of benzene rings is 1. The number of fused-ring (bicyclic) bond motifs is 1. The van der Waals surface area contributed by atoms with Crippen LogP contribution in [0.25, 0.3) is 0 Å². The first-order valence-electron chi connectivity index (χ1n) is 8.23. The minimum absolute atomic E-state index is 0.137. The van der Waals surface area contributed by atoms with E-state index in [1.807, 2.05) is 44.2 Å². The lowest BCUT2D eigenvalue weighted by Crippen LogP contribution is -2.41. The smallest absolute Gasteiger partial charge is 0.230 e. The summed E-state index contributed by atoms with van der Waals surface area (Å²) in [6, 6.07) is 11.5. The second kappa shape index (κ2) is 8.11. The molecule has 3 rings (SSSR count). The Kier molecular flexibility index (Phi) is 5.64. The fourth-order valence-electron chi connectivity index (χ4n) is 2.62. The van der Waals surface area contributed by atoms with E-state index in [2.05, 4.69) is 16.4 Å². The van der Waals surface area contributed by atoms with E-state index in [4.69, 9.17) is 9.47 Å². The number of nitrogens with zero attached hydrogens (tertiary/aromatic N) is 2. The molecule has 7 heteroatoms. The first-order valence-corrected chi connectivity index (χ1v) is 9.21. The topological polar surface area (TPSA) is 84.2 Å². The van der Waals surface area contributed by atoms with E-state index in [-0.39, 0.29) is 17.8 Å². The number of rotatable bonds is 5. The molecular formula is C19H19N3O3S. The highest BCUT2D eigenvalue weighted by Crippen LogP contribution is 2.30. The Labute approximate surface area is 156 Å². The summed E-state index contributed by atoms with van der Waals surface area (Å²) in [5, 5.41) is 12.7. The minimum atomic E-state index is -0.229. The molecular weight excluding hydrogens is 350 g/mol. The fraction of sp³-hybridized carbons (Fsp3) is 0.316. The van der Waals surface area contributed by atoms with Crippen LogP contribution in [0, 0.1) is 25.2 Å². The molecule has 0 radical (unpaired) electrons. The Morgan fingerprint density at radius 3 is 2.92 bits per heavy atom. The molecule has 0 saturated carbocycles. The Morgan fingerprint density at radius 2 is 2.15 bits per heavy atom. The molecule has 2 aromatic rings. The van der Waals surface area contributed by atoms with Gasteiger partial charge in [-0.3, -0.25) is 4.79 Å². The molecule has 1 aliphatic heterocycles. The molecule has 1 aromatic carbocycles. The number of para-hydroxylation sites is 2. The van der Waals surface area contributed by atoms with Gasteiger partial charge in [-0.1, -0.05) is 23.9 Å². The van der Waals surface area contributed by atoms with Gasteiger partial charge in [0.1, 0.15) is 23.8 Å². The molecule has 1 unspecified atom stereocenters. The summed E-state index contributed by atoms with van der Waals surface area (Å²) in [4.78, 5) is 16.5. The third-order valence-corrected chi connectivity index (χ3v) is 4.83. The van der Waals surface area contributed by atoms with Crippen LogP contribution in [0.3, 0.4) is 0 Å². The number of carbonyl (C=O) groups excluding carboxylic acids is 1. The van der Waals surface area contributed by atoms with Gasteiger partial charge < -0.3 is 14.8 Å². The molecule has 1 amide bonds. The van der Waals surface area contributed by atoms with Crippen molar-refractivity contribution in [1.82, 2.24) is 10.3 Å². The van der Waals surface area contributed by atoms with E-state index in [0.29, 0.717) is 29.5 Å². The number of nitrogens with one attached hydrogen (secondary N) is 1. The van der Waals surface area contributed by atoms with Crippen LogP contribution in [0.15, 0.2) is 35.4 Å². The lowest BCUT2D eigenvalue weighted by Gasteiger charge is -2.26. The zero-order valence-electron chi connectivity index (χ0n) is 14.6. The van der Waals surface area contributed by atoms with Crippen LogP contribution < -0.4 is 14.8 Å². The van der Waals surface area contributed by atoms with Gasteiger partial charge in [-0.25, -0.2) is 4.98 Å². The second-order valence-corrected chi connectivity index (χ2v) is 6.93. The first-order chi connectivity index (χ1) is 12.6. The molecule has 0 saturated heterocycles. The van der Waals surface area contributed by atoms with Crippen LogP contribution in [0.4, 0.5) is 0 Å². The predicted molar refractivity (Wildman–Crippen MR) is 98.5 cm³/mol.